The molecule has 7 heteroatoms. The van der Waals surface area contributed by atoms with Gasteiger partial charge in [0.25, 0.3) is 0 Å². The van der Waals surface area contributed by atoms with E-state index in [9.17, 15) is 9.59 Å². The van der Waals surface area contributed by atoms with Gasteiger partial charge in [0.1, 0.15) is 11.5 Å². The predicted octanol–water partition coefficient (Wildman–Crippen LogP) is 2.92. The van der Waals surface area contributed by atoms with Crippen molar-refractivity contribution in [2.24, 2.45) is 5.92 Å². The highest BCUT2D eigenvalue weighted by Gasteiger charge is 2.36. The van der Waals surface area contributed by atoms with Gasteiger partial charge >= 0.3 is 12.0 Å². The number of benzene rings is 1. The zero-order valence-corrected chi connectivity index (χ0v) is 15.8. The van der Waals surface area contributed by atoms with E-state index in [4.69, 9.17) is 14.2 Å². The van der Waals surface area contributed by atoms with Crippen molar-refractivity contribution in [3.8, 4) is 11.5 Å². The largest absolute Gasteiger partial charge is 0.494 e. The third-order valence-electron chi connectivity index (χ3n) is 3.99. The van der Waals surface area contributed by atoms with Crippen LogP contribution in [0.15, 0.2) is 29.5 Å². The zero-order chi connectivity index (χ0) is 19.3. The standard InChI is InChI=1S/C19H26N2O5/c1-6-25-12-8-9-13(14(10-12)26-7-2)17-15(18(22)24-5)16(11(3)4)20-19(23)21-17/h8-11,17H,6-7H2,1-5H3,(H2,20,21,23). The number of nitrogens with one attached hydrogen (secondary N) is 2. The number of hydrogen-bond donors (Lipinski definition) is 2. The highest BCUT2D eigenvalue weighted by atomic mass is 16.5. The number of allylic oxidation sites excluding steroid dienone is 1. The maximum absolute atomic E-state index is 12.5. The number of amides is 2. The van der Waals surface area contributed by atoms with E-state index in [0.29, 0.717) is 41.5 Å². The summed E-state index contributed by atoms with van der Waals surface area (Å²) in [6.07, 6.45) is 0. The number of rotatable bonds is 7. The number of carbonyl (C=O) groups excluding carboxylic acids is 2. The van der Waals surface area contributed by atoms with E-state index < -0.39 is 12.0 Å². The van der Waals surface area contributed by atoms with Crippen LogP contribution in [0.1, 0.15) is 39.3 Å². The fourth-order valence-electron chi connectivity index (χ4n) is 2.90. The molecule has 1 atom stereocenters. The number of esters is 1. The normalized spacial score (nSPS) is 16.8. The van der Waals surface area contributed by atoms with Crippen LogP contribution in [-0.4, -0.2) is 32.3 Å². The molecule has 1 aromatic rings. The molecule has 2 rings (SSSR count). The fraction of sp³-hybridized carbons (Fsp3) is 0.474. The molecule has 1 aromatic carbocycles. The summed E-state index contributed by atoms with van der Waals surface area (Å²) in [6.45, 7) is 8.55. The molecule has 0 fully saturated rings. The van der Waals surface area contributed by atoms with Crippen LogP contribution in [-0.2, 0) is 9.53 Å². The van der Waals surface area contributed by atoms with Crippen molar-refractivity contribution in [3.05, 3.63) is 35.0 Å². The number of urea groups is 1. The predicted molar refractivity (Wildman–Crippen MR) is 97.1 cm³/mol. The van der Waals surface area contributed by atoms with Gasteiger partial charge in [0.2, 0.25) is 0 Å². The number of carbonyl (C=O) groups is 2. The molecule has 1 heterocycles. The molecule has 1 aliphatic heterocycles. The molecule has 0 spiro atoms. The molecule has 1 unspecified atom stereocenters. The first-order valence-corrected chi connectivity index (χ1v) is 8.72. The van der Waals surface area contributed by atoms with E-state index in [1.54, 1.807) is 18.2 Å². The van der Waals surface area contributed by atoms with E-state index in [1.165, 1.54) is 7.11 Å². The van der Waals surface area contributed by atoms with Crippen LogP contribution >= 0.6 is 0 Å². The Morgan fingerprint density at radius 2 is 1.88 bits per heavy atom. The fourth-order valence-corrected chi connectivity index (χ4v) is 2.90. The summed E-state index contributed by atoms with van der Waals surface area (Å²) in [4.78, 5) is 24.7. The number of methoxy groups -OCH3 is 1. The van der Waals surface area contributed by atoms with Crippen LogP contribution < -0.4 is 20.1 Å². The van der Waals surface area contributed by atoms with Crippen molar-refractivity contribution in [2.75, 3.05) is 20.3 Å². The minimum absolute atomic E-state index is 0.0594. The zero-order valence-electron chi connectivity index (χ0n) is 15.8. The van der Waals surface area contributed by atoms with Gasteiger partial charge in [0.05, 0.1) is 31.9 Å². The van der Waals surface area contributed by atoms with Crippen molar-refractivity contribution < 1.29 is 23.8 Å². The van der Waals surface area contributed by atoms with Crippen molar-refractivity contribution in [2.45, 2.75) is 33.7 Å². The third-order valence-corrected chi connectivity index (χ3v) is 3.99. The maximum Gasteiger partial charge on any atom is 0.337 e. The second-order valence-corrected chi connectivity index (χ2v) is 6.07. The van der Waals surface area contributed by atoms with Crippen LogP contribution in [0.2, 0.25) is 0 Å². The van der Waals surface area contributed by atoms with Crippen LogP contribution in [0.4, 0.5) is 4.79 Å². The van der Waals surface area contributed by atoms with Crippen LogP contribution in [0, 0.1) is 5.92 Å². The lowest BCUT2D eigenvalue weighted by Crippen LogP contribution is -2.47. The second-order valence-electron chi connectivity index (χ2n) is 6.07. The smallest absolute Gasteiger partial charge is 0.337 e. The minimum Gasteiger partial charge on any atom is -0.494 e. The minimum atomic E-state index is -0.675. The number of ether oxygens (including phenoxy) is 3. The molecular weight excluding hydrogens is 336 g/mol. The molecule has 142 valence electrons. The summed E-state index contributed by atoms with van der Waals surface area (Å²) >= 11 is 0. The molecule has 0 saturated heterocycles. The Bertz CT molecular complexity index is 712. The van der Waals surface area contributed by atoms with Crippen LogP contribution in [0.5, 0.6) is 11.5 Å². The molecular formula is C19H26N2O5. The molecule has 7 nitrogen and oxygen atoms in total. The first-order valence-electron chi connectivity index (χ1n) is 8.72. The first kappa shape index (κ1) is 19.6. The summed E-state index contributed by atoms with van der Waals surface area (Å²) < 4.78 is 16.2. The topological polar surface area (TPSA) is 85.9 Å². The summed E-state index contributed by atoms with van der Waals surface area (Å²) in [5.74, 6) is 0.654. The molecule has 0 aliphatic carbocycles. The average Bonchev–Trinajstić information content (AvgIpc) is 2.61. The van der Waals surface area contributed by atoms with Gasteiger partial charge < -0.3 is 24.8 Å². The Kier molecular flexibility index (Phi) is 6.49. The van der Waals surface area contributed by atoms with E-state index in [0.717, 1.165) is 0 Å². The van der Waals surface area contributed by atoms with Crippen LogP contribution in [0.25, 0.3) is 0 Å². The Balaban J connectivity index is 2.60. The molecule has 0 saturated carbocycles. The van der Waals surface area contributed by atoms with Gasteiger partial charge in [-0.2, -0.15) is 0 Å². The molecule has 0 radical (unpaired) electrons. The van der Waals surface area contributed by atoms with Gasteiger partial charge in [-0.1, -0.05) is 13.8 Å². The van der Waals surface area contributed by atoms with Gasteiger partial charge in [0.15, 0.2) is 0 Å². The Morgan fingerprint density at radius 1 is 1.19 bits per heavy atom. The monoisotopic (exact) mass is 362 g/mol. The van der Waals surface area contributed by atoms with E-state index in [1.807, 2.05) is 27.7 Å². The summed E-state index contributed by atoms with van der Waals surface area (Å²) in [5.41, 5.74) is 1.58. The molecule has 26 heavy (non-hydrogen) atoms. The quantitative estimate of drug-likeness (QED) is 0.729. The Hall–Kier alpha value is -2.70. The highest BCUT2D eigenvalue weighted by molar-refractivity contribution is 5.95. The molecule has 0 bridgehead atoms. The highest BCUT2D eigenvalue weighted by Crippen LogP contribution is 2.37. The van der Waals surface area contributed by atoms with Gasteiger partial charge in [-0.3, -0.25) is 0 Å². The molecule has 0 aromatic heterocycles. The Morgan fingerprint density at radius 3 is 2.46 bits per heavy atom. The van der Waals surface area contributed by atoms with Gasteiger partial charge in [-0.05, 0) is 31.9 Å². The van der Waals surface area contributed by atoms with E-state index in [2.05, 4.69) is 10.6 Å². The molecule has 1 aliphatic rings. The van der Waals surface area contributed by atoms with Gasteiger partial charge in [0, 0.05) is 17.3 Å². The van der Waals surface area contributed by atoms with Crippen molar-refractivity contribution in [3.63, 3.8) is 0 Å². The lowest BCUT2D eigenvalue weighted by Gasteiger charge is -2.31. The van der Waals surface area contributed by atoms with E-state index in [-0.39, 0.29) is 11.9 Å². The SMILES string of the molecule is CCOc1ccc(C2NC(=O)NC(C(C)C)=C2C(=O)OC)c(OCC)c1. The van der Waals surface area contributed by atoms with Crippen LogP contribution in [0.3, 0.4) is 0 Å². The van der Waals surface area contributed by atoms with Crippen molar-refractivity contribution >= 4 is 12.0 Å². The summed E-state index contributed by atoms with van der Waals surface area (Å²) in [7, 11) is 1.32. The number of hydrogen-bond acceptors (Lipinski definition) is 5. The lowest BCUT2D eigenvalue weighted by molar-refractivity contribution is -0.136. The molecule has 2 amide bonds. The average molecular weight is 362 g/mol. The third kappa shape index (κ3) is 4.09. The van der Waals surface area contributed by atoms with E-state index >= 15 is 0 Å². The lowest BCUT2D eigenvalue weighted by atomic mass is 9.91. The molecule has 2 N–H and O–H groups in total. The first-order chi connectivity index (χ1) is 12.4. The maximum atomic E-state index is 12.5. The summed E-state index contributed by atoms with van der Waals surface area (Å²) in [6, 6.07) is 4.31. The van der Waals surface area contributed by atoms with Crippen molar-refractivity contribution in [1.29, 1.82) is 0 Å². The van der Waals surface area contributed by atoms with Gasteiger partial charge in [-0.15, -0.1) is 0 Å². The van der Waals surface area contributed by atoms with Gasteiger partial charge in [-0.25, -0.2) is 9.59 Å². The second kappa shape index (κ2) is 8.60. The van der Waals surface area contributed by atoms with Crippen molar-refractivity contribution in [1.82, 2.24) is 10.6 Å². The Labute approximate surface area is 153 Å². The summed E-state index contributed by atoms with van der Waals surface area (Å²) in [5, 5.41) is 5.53.